The van der Waals surface area contributed by atoms with Crippen molar-refractivity contribution in [2.75, 3.05) is 5.75 Å². The molecular formula is C12H23N5OS. The average molecular weight is 285 g/mol. The zero-order valence-electron chi connectivity index (χ0n) is 11.5. The topological polar surface area (TPSA) is 117 Å². The smallest absolute Gasteiger partial charge is 0.230 e. The fraction of sp³-hybridized carbons (Fsp3) is 0.750. The van der Waals surface area contributed by atoms with Gasteiger partial charge in [-0.25, -0.2) is 0 Å². The van der Waals surface area contributed by atoms with Gasteiger partial charge in [-0.2, -0.15) is 4.99 Å². The highest BCUT2D eigenvalue weighted by atomic mass is 32.2. The van der Waals surface area contributed by atoms with Gasteiger partial charge in [0.1, 0.15) is 0 Å². The highest BCUT2D eigenvalue weighted by molar-refractivity contribution is 8.14. The first-order valence-electron chi connectivity index (χ1n) is 6.50. The molecule has 0 aromatic carbocycles. The normalized spacial score (nSPS) is 26.5. The summed E-state index contributed by atoms with van der Waals surface area (Å²) in [5.74, 6) is 1.10. The van der Waals surface area contributed by atoms with Gasteiger partial charge in [0, 0.05) is 6.04 Å². The lowest BCUT2D eigenvalue weighted by Gasteiger charge is -2.34. The number of nitrogens with two attached hydrogens (primary N) is 2. The number of carbonyl (C=O) groups is 1. The third-order valence-electron chi connectivity index (χ3n) is 3.62. The van der Waals surface area contributed by atoms with Crippen LogP contribution in [0.5, 0.6) is 0 Å². The van der Waals surface area contributed by atoms with Crippen LogP contribution >= 0.6 is 11.8 Å². The average Bonchev–Trinajstić information content (AvgIpc) is 2.32. The maximum absolute atomic E-state index is 11.8. The van der Waals surface area contributed by atoms with Crippen LogP contribution in [0.2, 0.25) is 0 Å². The minimum Gasteiger partial charge on any atom is -0.370 e. The zero-order valence-corrected chi connectivity index (χ0v) is 12.3. The summed E-state index contributed by atoms with van der Waals surface area (Å²) in [7, 11) is 0. The summed E-state index contributed by atoms with van der Waals surface area (Å²) >= 11 is 1.03. The van der Waals surface area contributed by atoms with Gasteiger partial charge in [-0.1, -0.05) is 38.5 Å². The van der Waals surface area contributed by atoms with E-state index in [4.69, 9.17) is 16.9 Å². The Hall–Kier alpha value is -1.24. The second kappa shape index (κ2) is 7.37. The quantitative estimate of drug-likeness (QED) is 0.454. The van der Waals surface area contributed by atoms with Crippen LogP contribution in [0.3, 0.4) is 0 Å². The van der Waals surface area contributed by atoms with Gasteiger partial charge in [-0.3, -0.25) is 10.2 Å². The van der Waals surface area contributed by atoms with Crippen molar-refractivity contribution in [1.29, 1.82) is 5.41 Å². The Balaban J connectivity index is 2.35. The summed E-state index contributed by atoms with van der Waals surface area (Å²) in [5.41, 5.74) is 10.3. The lowest BCUT2D eigenvalue weighted by molar-refractivity contribution is -0.119. The molecular weight excluding hydrogens is 262 g/mol. The third-order valence-corrected chi connectivity index (χ3v) is 4.40. The Morgan fingerprint density at radius 2 is 2.11 bits per heavy atom. The summed E-state index contributed by atoms with van der Waals surface area (Å²) in [5, 5.41) is 10.4. The Labute approximate surface area is 118 Å². The molecule has 1 aliphatic carbocycles. The predicted molar refractivity (Wildman–Crippen MR) is 80.1 cm³/mol. The van der Waals surface area contributed by atoms with Gasteiger partial charge in [-0.05, 0) is 18.3 Å². The lowest BCUT2D eigenvalue weighted by Crippen LogP contribution is -2.44. The van der Waals surface area contributed by atoms with Crippen LogP contribution < -0.4 is 16.8 Å². The van der Waals surface area contributed by atoms with Crippen molar-refractivity contribution >= 4 is 28.8 Å². The summed E-state index contributed by atoms with van der Waals surface area (Å²) < 4.78 is 0. The molecule has 7 heteroatoms. The maximum atomic E-state index is 11.8. The number of thioether (sulfide) groups is 1. The van der Waals surface area contributed by atoms with Crippen LogP contribution in [-0.2, 0) is 4.79 Å². The van der Waals surface area contributed by atoms with E-state index in [9.17, 15) is 4.79 Å². The Bertz CT molecular complexity index is 367. The lowest BCUT2D eigenvalue weighted by atomic mass is 9.78. The van der Waals surface area contributed by atoms with Crippen LogP contribution in [0.1, 0.15) is 33.1 Å². The molecule has 0 aromatic heterocycles. The number of nitrogens with one attached hydrogen (secondary N) is 2. The molecule has 108 valence electrons. The monoisotopic (exact) mass is 285 g/mol. The van der Waals surface area contributed by atoms with Gasteiger partial charge in [-0.15, -0.1) is 0 Å². The van der Waals surface area contributed by atoms with Gasteiger partial charge >= 0.3 is 0 Å². The van der Waals surface area contributed by atoms with E-state index in [1.165, 1.54) is 6.42 Å². The number of amidine groups is 1. The number of rotatable bonds is 3. The molecule has 0 heterocycles. The molecule has 6 nitrogen and oxygen atoms in total. The van der Waals surface area contributed by atoms with Crippen LogP contribution in [0.25, 0.3) is 0 Å². The van der Waals surface area contributed by atoms with Gasteiger partial charge in [0.25, 0.3) is 0 Å². The maximum Gasteiger partial charge on any atom is 0.230 e. The Morgan fingerprint density at radius 1 is 1.42 bits per heavy atom. The number of hydrogen-bond donors (Lipinski definition) is 4. The predicted octanol–water partition coefficient (Wildman–Crippen LogP) is 0.869. The highest BCUT2D eigenvalue weighted by Gasteiger charge is 2.27. The molecule has 3 unspecified atom stereocenters. The van der Waals surface area contributed by atoms with E-state index < -0.39 is 0 Å². The van der Waals surface area contributed by atoms with Crippen LogP contribution in [0.15, 0.2) is 4.99 Å². The minimum absolute atomic E-state index is 0.0415. The van der Waals surface area contributed by atoms with E-state index in [1.54, 1.807) is 0 Å². The summed E-state index contributed by atoms with van der Waals surface area (Å²) in [6, 6.07) is 0.245. The molecule has 1 fully saturated rings. The van der Waals surface area contributed by atoms with Crippen LogP contribution in [-0.4, -0.2) is 28.8 Å². The van der Waals surface area contributed by atoms with E-state index >= 15 is 0 Å². The van der Waals surface area contributed by atoms with E-state index in [1.807, 2.05) is 0 Å². The Morgan fingerprint density at radius 3 is 2.74 bits per heavy atom. The molecule has 0 radical (unpaired) electrons. The third kappa shape index (κ3) is 5.50. The summed E-state index contributed by atoms with van der Waals surface area (Å²) in [6.07, 6.45) is 3.43. The molecule has 0 aliphatic heterocycles. The van der Waals surface area contributed by atoms with E-state index in [0.717, 1.165) is 24.6 Å². The van der Waals surface area contributed by atoms with Crippen LogP contribution in [0.4, 0.5) is 0 Å². The second-order valence-corrected chi connectivity index (χ2v) is 6.04. The van der Waals surface area contributed by atoms with Gasteiger partial charge in [0.15, 0.2) is 11.1 Å². The molecule has 3 atom stereocenters. The highest BCUT2D eigenvalue weighted by Crippen LogP contribution is 2.29. The summed E-state index contributed by atoms with van der Waals surface area (Å²) in [4.78, 5) is 15.4. The molecule has 0 aromatic rings. The molecule has 0 saturated heterocycles. The fourth-order valence-electron chi connectivity index (χ4n) is 2.32. The molecule has 1 saturated carbocycles. The molecule has 1 aliphatic rings. The van der Waals surface area contributed by atoms with Crippen molar-refractivity contribution in [1.82, 2.24) is 5.32 Å². The minimum atomic E-state index is -0.160. The second-order valence-electron chi connectivity index (χ2n) is 5.07. The number of nitrogens with zero attached hydrogens (tertiary/aromatic N) is 1. The van der Waals surface area contributed by atoms with Crippen molar-refractivity contribution in [3.8, 4) is 0 Å². The number of hydrogen-bond acceptors (Lipinski definition) is 3. The van der Waals surface area contributed by atoms with Crippen molar-refractivity contribution in [2.45, 2.75) is 39.2 Å². The number of guanidine groups is 1. The zero-order chi connectivity index (χ0) is 14.4. The molecule has 0 bridgehead atoms. The van der Waals surface area contributed by atoms with E-state index in [2.05, 4.69) is 24.2 Å². The number of aliphatic imine (C=N–C) groups is 1. The van der Waals surface area contributed by atoms with Crippen molar-refractivity contribution < 1.29 is 4.79 Å². The first kappa shape index (κ1) is 15.8. The largest absolute Gasteiger partial charge is 0.370 e. The summed E-state index contributed by atoms with van der Waals surface area (Å²) in [6.45, 7) is 4.41. The Kier molecular flexibility index (Phi) is 6.14. The fourth-order valence-corrected chi connectivity index (χ4v) is 2.84. The molecule has 19 heavy (non-hydrogen) atoms. The van der Waals surface area contributed by atoms with Gasteiger partial charge in [0.05, 0.1) is 5.75 Å². The van der Waals surface area contributed by atoms with Crippen molar-refractivity contribution in [3.05, 3.63) is 0 Å². The van der Waals surface area contributed by atoms with Crippen molar-refractivity contribution in [2.24, 2.45) is 28.3 Å². The SMILES string of the molecule is CC1CCCC(NC(=O)CSC(=N)N=C(N)N)C1C. The molecule has 1 amide bonds. The van der Waals surface area contributed by atoms with E-state index in [0.29, 0.717) is 11.8 Å². The first-order chi connectivity index (χ1) is 8.90. The number of carbonyl (C=O) groups excluding carboxylic acids is 1. The number of amides is 1. The molecule has 1 rings (SSSR count). The van der Waals surface area contributed by atoms with Crippen molar-refractivity contribution in [3.63, 3.8) is 0 Å². The van der Waals surface area contributed by atoms with E-state index in [-0.39, 0.29) is 28.8 Å². The standard InChI is InChI=1S/C12H23N5OS/c1-7-4-3-5-9(8(7)2)16-10(18)6-19-12(15)17-11(13)14/h7-9H,3-6H2,1-2H3,(H,16,18)(H5,13,14,15,17). The van der Waals surface area contributed by atoms with Gasteiger partial charge < -0.3 is 16.8 Å². The van der Waals surface area contributed by atoms with Crippen LogP contribution in [0, 0.1) is 17.2 Å². The van der Waals surface area contributed by atoms with Gasteiger partial charge in [0.2, 0.25) is 5.91 Å². The molecule has 6 N–H and O–H groups in total. The first-order valence-corrected chi connectivity index (χ1v) is 7.49. The molecule has 0 spiro atoms.